The highest BCUT2D eigenvalue weighted by molar-refractivity contribution is 5.74. The van der Waals surface area contributed by atoms with E-state index in [1.54, 1.807) is 19.4 Å². The number of ether oxygens (including phenoxy) is 1. The molecule has 2 rings (SSSR count). The van der Waals surface area contributed by atoms with Crippen molar-refractivity contribution in [1.29, 1.82) is 0 Å². The molecule has 2 N–H and O–H groups in total. The number of nitrogens with zero attached hydrogens (tertiary/aromatic N) is 1. The molecule has 0 aliphatic heterocycles. The minimum absolute atomic E-state index is 0.288. The predicted molar refractivity (Wildman–Crippen MR) is 61.8 cm³/mol. The Labute approximate surface area is 99.8 Å². The Morgan fingerprint density at radius 2 is 2.47 bits per heavy atom. The van der Waals surface area contributed by atoms with Crippen LogP contribution in [0.3, 0.4) is 0 Å². The third kappa shape index (κ3) is 3.17. The van der Waals surface area contributed by atoms with Gasteiger partial charge in [0.15, 0.2) is 0 Å². The summed E-state index contributed by atoms with van der Waals surface area (Å²) in [6.07, 6.45) is 3.66. The van der Waals surface area contributed by atoms with E-state index >= 15 is 0 Å². The van der Waals surface area contributed by atoms with E-state index in [1.165, 1.54) is 0 Å². The van der Waals surface area contributed by atoms with Gasteiger partial charge in [-0.15, -0.1) is 0 Å². The van der Waals surface area contributed by atoms with Gasteiger partial charge in [-0.1, -0.05) is 0 Å². The van der Waals surface area contributed by atoms with Crippen LogP contribution < -0.4 is 10.1 Å². The Morgan fingerprint density at radius 3 is 3.06 bits per heavy atom. The smallest absolute Gasteiger partial charge is 0.320 e. The normalized spacial score (nSPS) is 16.5. The average molecular weight is 236 g/mol. The Hall–Kier alpha value is -1.62. The molecule has 92 valence electrons. The molecule has 17 heavy (non-hydrogen) atoms. The van der Waals surface area contributed by atoms with Gasteiger partial charge in [-0.2, -0.15) is 0 Å². The van der Waals surface area contributed by atoms with Crippen LogP contribution in [-0.2, 0) is 11.3 Å². The molecule has 0 bridgehead atoms. The van der Waals surface area contributed by atoms with E-state index in [-0.39, 0.29) is 5.92 Å². The highest BCUT2D eigenvalue weighted by Gasteiger charge is 2.35. The highest BCUT2D eigenvalue weighted by Crippen LogP contribution is 2.32. The monoisotopic (exact) mass is 236 g/mol. The number of aliphatic carboxylic acids is 1. The minimum atomic E-state index is -0.770. The van der Waals surface area contributed by atoms with Gasteiger partial charge < -0.3 is 15.2 Å². The maximum atomic E-state index is 11.0. The van der Waals surface area contributed by atoms with Crippen LogP contribution in [0.2, 0.25) is 0 Å². The largest absolute Gasteiger partial charge is 0.481 e. The summed E-state index contributed by atoms with van der Waals surface area (Å²) in [7, 11) is 1.56. The Balaban J connectivity index is 1.93. The van der Waals surface area contributed by atoms with Crippen molar-refractivity contribution in [2.45, 2.75) is 25.4 Å². The second kappa shape index (κ2) is 5.14. The van der Waals surface area contributed by atoms with Crippen LogP contribution in [0.5, 0.6) is 5.88 Å². The van der Waals surface area contributed by atoms with Crippen molar-refractivity contribution in [1.82, 2.24) is 10.3 Å². The zero-order valence-electron chi connectivity index (χ0n) is 9.72. The van der Waals surface area contributed by atoms with Crippen LogP contribution in [0.15, 0.2) is 18.3 Å². The average Bonchev–Trinajstić information content (AvgIpc) is 3.13. The lowest BCUT2D eigenvalue weighted by molar-refractivity contribution is -0.140. The molecule has 1 atom stereocenters. The molecule has 1 heterocycles. The van der Waals surface area contributed by atoms with E-state index in [1.807, 2.05) is 6.07 Å². The molecule has 1 aromatic rings. The van der Waals surface area contributed by atoms with Crippen LogP contribution >= 0.6 is 0 Å². The maximum absolute atomic E-state index is 11.0. The number of carboxylic acid groups (broad SMARTS) is 1. The van der Waals surface area contributed by atoms with E-state index in [9.17, 15) is 4.79 Å². The number of hydrogen-bond acceptors (Lipinski definition) is 4. The molecule has 1 unspecified atom stereocenters. The van der Waals surface area contributed by atoms with E-state index in [0.29, 0.717) is 12.4 Å². The van der Waals surface area contributed by atoms with Gasteiger partial charge in [-0.3, -0.25) is 4.79 Å². The molecule has 0 radical (unpaired) electrons. The van der Waals surface area contributed by atoms with Crippen molar-refractivity contribution in [2.24, 2.45) is 5.92 Å². The third-order valence-corrected chi connectivity index (χ3v) is 2.89. The standard InChI is InChI=1S/C12H16N2O3/c1-17-10-6-8(4-5-13-10)7-14-11(12(15)16)9-2-3-9/h4-6,9,11,14H,2-3,7H2,1H3,(H,15,16). The number of carbonyl (C=O) groups is 1. The summed E-state index contributed by atoms with van der Waals surface area (Å²) in [5.74, 6) is 0.0624. The lowest BCUT2D eigenvalue weighted by Crippen LogP contribution is -2.38. The molecule has 5 nitrogen and oxygen atoms in total. The number of pyridine rings is 1. The Kier molecular flexibility index (Phi) is 3.58. The molecule has 0 aromatic carbocycles. The summed E-state index contributed by atoms with van der Waals surface area (Å²) in [6.45, 7) is 0.520. The third-order valence-electron chi connectivity index (χ3n) is 2.89. The van der Waals surface area contributed by atoms with Crippen LogP contribution in [-0.4, -0.2) is 29.2 Å². The number of carboxylic acids is 1. The van der Waals surface area contributed by atoms with Crippen molar-refractivity contribution in [3.63, 3.8) is 0 Å². The number of rotatable bonds is 6. The zero-order valence-corrected chi connectivity index (χ0v) is 9.72. The molecule has 1 saturated carbocycles. The number of nitrogens with one attached hydrogen (secondary N) is 1. The quantitative estimate of drug-likeness (QED) is 0.772. The lowest BCUT2D eigenvalue weighted by atomic mass is 10.1. The van der Waals surface area contributed by atoms with E-state index in [4.69, 9.17) is 9.84 Å². The minimum Gasteiger partial charge on any atom is -0.481 e. The Morgan fingerprint density at radius 1 is 1.71 bits per heavy atom. The second-order valence-corrected chi connectivity index (χ2v) is 4.24. The summed E-state index contributed by atoms with van der Waals surface area (Å²) in [6, 6.07) is 3.22. The number of hydrogen-bond donors (Lipinski definition) is 2. The van der Waals surface area contributed by atoms with Crippen molar-refractivity contribution < 1.29 is 14.6 Å². The van der Waals surface area contributed by atoms with Crippen molar-refractivity contribution in [3.8, 4) is 5.88 Å². The zero-order chi connectivity index (χ0) is 12.3. The number of methoxy groups -OCH3 is 1. The van der Waals surface area contributed by atoms with Crippen LogP contribution in [0.4, 0.5) is 0 Å². The first-order valence-electron chi connectivity index (χ1n) is 5.66. The number of aromatic nitrogens is 1. The van der Waals surface area contributed by atoms with Crippen molar-refractivity contribution in [3.05, 3.63) is 23.9 Å². The predicted octanol–water partition coefficient (Wildman–Crippen LogP) is 1.04. The molecule has 0 saturated heterocycles. The molecular weight excluding hydrogens is 220 g/mol. The van der Waals surface area contributed by atoms with Crippen LogP contribution in [0.25, 0.3) is 0 Å². The Bertz CT molecular complexity index is 404. The van der Waals surface area contributed by atoms with Gasteiger partial charge in [0.1, 0.15) is 6.04 Å². The summed E-state index contributed by atoms with van der Waals surface area (Å²) in [4.78, 5) is 15.0. The fourth-order valence-corrected chi connectivity index (χ4v) is 1.79. The molecule has 0 amide bonds. The molecule has 1 fully saturated rings. The van der Waals surface area contributed by atoms with Gasteiger partial charge in [0, 0.05) is 18.8 Å². The molecular formula is C12H16N2O3. The van der Waals surface area contributed by atoms with E-state index in [2.05, 4.69) is 10.3 Å². The SMILES string of the molecule is COc1cc(CNC(C(=O)O)C2CC2)ccn1. The molecule has 5 heteroatoms. The van der Waals surface area contributed by atoms with Crippen molar-refractivity contribution in [2.75, 3.05) is 7.11 Å². The van der Waals surface area contributed by atoms with Gasteiger partial charge in [0.25, 0.3) is 0 Å². The molecule has 0 spiro atoms. The topological polar surface area (TPSA) is 71.5 Å². The van der Waals surface area contributed by atoms with Gasteiger partial charge in [-0.05, 0) is 30.4 Å². The summed E-state index contributed by atoms with van der Waals surface area (Å²) >= 11 is 0. The highest BCUT2D eigenvalue weighted by atomic mass is 16.5. The van der Waals surface area contributed by atoms with Gasteiger partial charge >= 0.3 is 5.97 Å². The molecule has 1 aliphatic rings. The second-order valence-electron chi connectivity index (χ2n) is 4.24. The summed E-state index contributed by atoms with van der Waals surface area (Å²) in [5.41, 5.74) is 0.976. The van der Waals surface area contributed by atoms with Gasteiger partial charge in [0.2, 0.25) is 5.88 Å². The van der Waals surface area contributed by atoms with Crippen LogP contribution in [0.1, 0.15) is 18.4 Å². The molecule has 1 aliphatic carbocycles. The van der Waals surface area contributed by atoms with Gasteiger partial charge in [0.05, 0.1) is 7.11 Å². The van der Waals surface area contributed by atoms with Gasteiger partial charge in [-0.25, -0.2) is 4.98 Å². The summed E-state index contributed by atoms with van der Waals surface area (Å²) in [5, 5.41) is 12.1. The fourth-order valence-electron chi connectivity index (χ4n) is 1.79. The molecule has 1 aromatic heterocycles. The first kappa shape index (κ1) is 11.9. The lowest BCUT2D eigenvalue weighted by Gasteiger charge is -2.13. The van der Waals surface area contributed by atoms with E-state index in [0.717, 1.165) is 18.4 Å². The fraction of sp³-hybridized carbons (Fsp3) is 0.500. The van der Waals surface area contributed by atoms with Crippen LogP contribution in [0, 0.1) is 5.92 Å². The first-order chi connectivity index (χ1) is 8.20. The first-order valence-corrected chi connectivity index (χ1v) is 5.66. The summed E-state index contributed by atoms with van der Waals surface area (Å²) < 4.78 is 5.01. The van der Waals surface area contributed by atoms with E-state index < -0.39 is 12.0 Å². The van der Waals surface area contributed by atoms with Crippen molar-refractivity contribution >= 4 is 5.97 Å². The maximum Gasteiger partial charge on any atom is 0.320 e.